The fourth-order valence-electron chi connectivity index (χ4n) is 3.39. The van der Waals surface area contributed by atoms with E-state index in [1.165, 1.54) is 10.9 Å². The van der Waals surface area contributed by atoms with Gasteiger partial charge in [-0.2, -0.15) is 0 Å². The van der Waals surface area contributed by atoms with Crippen LogP contribution in [0.2, 0.25) is 0 Å². The Bertz CT molecular complexity index is 654. The quantitative estimate of drug-likeness (QED) is 0.809. The van der Waals surface area contributed by atoms with Crippen molar-refractivity contribution in [3.63, 3.8) is 0 Å². The first kappa shape index (κ1) is 15.6. The van der Waals surface area contributed by atoms with E-state index in [0.29, 0.717) is 5.92 Å². The minimum Gasteiger partial charge on any atom is -0.461 e. The Morgan fingerprint density at radius 2 is 1.86 bits per heavy atom. The summed E-state index contributed by atoms with van der Waals surface area (Å²) < 4.78 is 18.0. The second-order valence-corrected chi connectivity index (χ2v) is 7.23. The molecule has 2 atom stereocenters. The van der Waals surface area contributed by atoms with E-state index in [1.54, 1.807) is 0 Å². The maximum absolute atomic E-state index is 6.17. The van der Waals surface area contributed by atoms with Crippen molar-refractivity contribution in [1.29, 1.82) is 0 Å². The summed E-state index contributed by atoms with van der Waals surface area (Å²) in [6, 6.07) is 8.36. The summed E-state index contributed by atoms with van der Waals surface area (Å²) in [6.07, 6.45) is 2.13. The lowest BCUT2D eigenvalue weighted by Crippen LogP contribution is -2.26. The van der Waals surface area contributed by atoms with Crippen LogP contribution in [0.4, 0.5) is 0 Å². The normalized spacial score (nSPS) is 24.5. The van der Waals surface area contributed by atoms with Gasteiger partial charge in [-0.15, -0.1) is 0 Å². The van der Waals surface area contributed by atoms with Crippen molar-refractivity contribution < 1.29 is 13.9 Å². The molecule has 120 valence electrons. The van der Waals surface area contributed by atoms with E-state index >= 15 is 0 Å². The highest BCUT2D eigenvalue weighted by Gasteiger charge is 2.41. The lowest BCUT2D eigenvalue weighted by molar-refractivity contribution is -0.147. The summed E-state index contributed by atoms with van der Waals surface area (Å²) in [5, 5.41) is 1.19. The number of ether oxygens (including phenoxy) is 2. The summed E-state index contributed by atoms with van der Waals surface area (Å²) >= 11 is 0. The minimum atomic E-state index is -0.496. The van der Waals surface area contributed by atoms with Crippen molar-refractivity contribution in [3.8, 4) is 0 Å². The highest BCUT2D eigenvalue weighted by molar-refractivity contribution is 5.81. The van der Waals surface area contributed by atoms with Crippen molar-refractivity contribution in [2.45, 2.75) is 65.5 Å². The maximum atomic E-state index is 6.17. The highest BCUT2D eigenvalue weighted by atomic mass is 16.7. The summed E-state index contributed by atoms with van der Waals surface area (Å²) in [5.74, 6) is 1.05. The number of benzene rings is 1. The van der Waals surface area contributed by atoms with E-state index < -0.39 is 5.79 Å². The molecule has 0 radical (unpaired) electrons. The largest absolute Gasteiger partial charge is 0.461 e. The molecule has 0 spiro atoms. The van der Waals surface area contributed by atoms with E-state index in [9.17, 15) is 0 Å². The Hall–Kier alpha value is -1.32. The van der Waals surface area contributed by atoms with Crippen molar-refractivity contribution >= 4 is 11.0 Å². The molecule has 1 aliphatic rings. The van der Waals surface area contributed by atoms with Gasteiger partial charge in [0.2, 0.25) is 0 Å². The van der Waals surface area contributed by atoms with Gasteiger partial charge in [0.1, 0.15) is 11.3 Å². The average molecular weight is 302 g/mol. The molecule has 1 fully saturated rings. The average Bonchev–Trinajstić information content (AvgIpc) is 2.89. The Kier molecular flexibility index (Phi) is 4.04. The third-order valence-electron chi connectivity index (χ3n) is 4.18. The smallest absolute Gasteiger partial charge is 0.163 e. The zero-order valence-corrected chi connectivity index (χ0v) is 14.2. The lowest BCUT2D eigenvalue weighted by atomic mass is 9.96. The first-order valence-electron chi connectivity index (χ1n) is 8.18. The van der Waals surface area contributed by atoms with Crippen LogP contribution in [0, 0.1) is 12.8 Å². The molecule has 22 heavy (non-hydrogen) atoms. The molecular weight excluding hydrogens is 276 g/mol. The zero-order chi connectivity index (χ0) is 15.9. The Labute approximate surface area is 132 Å². The molecule has 1 aromatic heterocycles. The fourth-order valence-corrected chi connectivity index (χ4v) is 3.39. The molecule has 3 rings (SSSR count). The first-order valence-corrected chi connectivity index (χ1v) is 8.18. The maximum Gasteiger partial charge on any atom is 0.163 e. The van der Waals surface area contributed by atoms with Crippen LogP contribution in [0.1, 0.15) is 45.4 Å². The van der Waals surface area contributed by atoms with Gasteiger partial charge in [0.25, 0.3) is 0 Å². The molecule has 0 aliphatic carbocycles. The summed E-state index contributed by atoms with van der Waals surface area (Å²) in [5.41, 5.74) is 2.22. The molecule has 3 nitrogen and oxygen atoms in total. The first-order chi connectivity index (χ1) is 10.3. The topological polar surface area (TPSA) is 31.6 Å². The van der Waals surface area contributed by atoms with Gasteiger partial charge < -0.3 is 13.9 Å². The van der Waals surface area contributed by atoms with E-state index in [2.05, 4.69) is 32.0 Å². The van der Waals surface area contributed by atoms with Crippen LogP contribution >= 0.6 is 0 Å². The second kappa shape index (κ2) is 5.71. The molecule has 2 heterocycles. The highest BCUT2D eigenvalue weighted by Crippen LogP contribution is 2.34. The molecule has 2 aromatic rings. The monoisotopic (exact) mass is 302 g/mol. The van der Waals surface area contributed by atoms with Crippen LogP contribution in [-0.2, 0) is 15.9 Å². The molecule has 1 aromatic carbocycles. The van der Waals surface area contributed by atoms with Crippen molar-refractivity contribution in [3.05, 3.63) is 35.6 Å². The van der Waals surface area contributed by atoms with Gasteiger partial charge >= 0.3 is 0 Å². The number of hydrogen-bond donors (Lipinski definition) is 0. The molecular formula is C19H26O3. The molecule has 0 N–H and O–H groups in total. The number of fused-ring (bicyclic) bond motifs is 1. The van der Waals surface area contributed by atoms with Gasteiger partial charge in [0, 0.05) is 11.8 Å². The zero-order valence-electron chi connectivity index (χ0n) is 14.2. The van der Waals surface area contributed by atoms with Gasteiger partial charge in [-0.3, -0.25) is 0 Å². The van der Waals surface area contributed by atoms with E-state index in [0.717, 1.165) is 24.2 Å². The van der Waals surface area contributed by atoms with Crippen molar-refractivity contribution in [1.82, 2.24) is 0 Å². The van der Waals surface area contributed by atoms with Crippen LogP contribution in [0.25, 0.3) is 11.0 Å². The van der Waals surface area contributed by atoms with E-state index in [-0.39, 0.29) is 12.2 Å². The molecule has 3 heteroatoms. The van der Waals surface area contributed by atoms with Gasteiger partial charge in [0.15, 0.2) is 5.79 Å². The predicted octanol–water partition coefficient (Wildman–Crippen LogP) is 4.85. The Morgan fingerprint density at radius 1 is 1.14 bits per heavy atom. The minimum absolute atomic E-state index is 0.0956. The SMILES string of the molecule is Cc1cc2c(C[C@@H]3OC(C)(C)O[C@@H]3CC(C)C)cccc2o1. The molecule has 0 saturated carbocycles. The number of rotatable bonds is 4. The molecule has 0 unspecified atom stereocenters. The summed E-state index contributed by atoms with van der Waals surface area (Å²) in [6.45, 7) is 10.5. The standard InChI is InChI=1S/C19H26O3/c1-12(2)9-17-18(22-19(4,5)21-17)11-14-7-6-8-16-15(14)10-13(3)20-16/h6-8,10,12,17-18H,9,11H2,1-5H3/t17-,18+/m1/s1. The fraction of sp³-hybridized carbons (Fsp3) is 0.579. The van der Waals surface area contributed by atoms with Gasteiger partial charge in [-0.25, -0.2) is 0 Å². The lowest BCUT2D eigenvalue weighted by Gasteiger charge is -2.18. The Balaban J connectivity index is 1.86. The Morgan fingerprint density at radius 3 is 2.59 bits per heavy atom. The number of furan rings is 1. The van der Waals surface area contributed by atoms with Crippen LogP contribution in [0.5, 0.6) is 0 Å². The summed E-state index contributed by atoms with van der Waals surface area (Å²) in [4.78, 5) is 0. The van der Waals surface area contributed by atoms with Gasteiger partial charge in [-0.1, -0.05) is 26.0 Å². The number of hydrogen-bond acceptors (Lipinski definition) is 3. The number of aryl methyl sites for hydroxylation is 1. The third kappa shape index (κ3) is 3.21. The van der Waals surface area contributed by atoms with Crippen LogP contribution in [-0.4, -0.2) is 18.0 Å². The van der Waals surface area contributed by atoms with Crippen molar-refractivity contribution in [2.24, 2.45) is 5.92 Å². The molecule has 0 amide bonds. The second-order valence-electron chi connectivity index (χ2n) is 7.23. The predicted molar refractivity (Wildman–Crippen MR) is 87.9 cm³/mol. The van der Waals surface area contributed by atoms with E-state index in [1.807, 2.05) is 26.8 Å². The third-order valence-corrected chi connectivity index (χ3v) is 4.18. The molecule has 1 aliphatic heterocycles. The van der Waals surface area contributed by atoms with Crippen LogP contribution in [0.15, 0.2) is 28.7 Å². The van der Waals surface area contributed by atoms with Crippen molar-refractivity contribution in [2.75, 3.05) is 0 Å². The van der Waals surface area contributed by atoms with Gasteiger partial charge in [0.05, 0.1) is 12.2 Å². The molecule has 0 bridgehead atoms. The van der Waals surface area contributed by atoms with Crippen LogP contribution < -0.4 is 0 Å². The van der Waals surface area contributed by atoms with E-state index in [4.69, 9.17) is 13.9 Å². The van der Waals surface area contributed by atoms with Gasteiger partial charge in [-0.05, 0) is 50.8 Å². The molecule has 1 saturated heterocycles. The van der Waals surface area contributed by atoms with Crippen LogP contribution in [0.3, 0.4) is 0 Å². The summed E-state index contributed by atoms with van der Waals surface area (Å²) in [7, 11) is 0.